The Bertz CT molecular complexity index is 1130. The summed E-state index contributed by atoms with van der Waals surface area (Å²) in [6, 6.07) is 13.1. The first kappa shape index (κ1) is 18.5. The van der Waals surface area contributed by atoms with Crippen LogP contribution in [0.15, 0.2) is 54.9 Å². The van der Waals surface area contributed by atoms with E-state index in [0.29, 0.717) is 17.0 Å². The van der Waals surface area contributed by atoms with Crippen LogP contribution in [0.25, 0.3) is 10.9 Å². The van der Waals surface area contributed by atoms with Gasteiger partial charge in [-0.3, -0.25) is 14.6 Å². The first-order valence-electron chi connectivity index (χ1n) is 10.1. The van der Waals surface area contributed by atoms with Crippen LogP contribution in [0.4, 0.5) is 0 Å². The van der Waals surface area contributed by atoms with Crippen molar-refractivity contribution in [2.75, 3.05) is 0 Å². The lowest BCUT2D eigenvalue weighted by Gasteiger charge is -2.57. The number of rotatable bonds is 5. The number of carbonyl (C=O) groups excluding carboxylic acids is 2. The molecule has 2 amide bonds. The molecule has 2 heterocycles. The van der Waals surface area contributed by atoms with Crippen molar-refractivity contribution in [3.8, 4) is 5.88 Å². The molecular weight excluding hydrogens is 380 g/mol. The van der Waals surface area contributed by atoms with Crippen LogP contribution in [0.2, 0.25) is 0 Å². The molecule has 0 unspecified atom stereocenters. The summed E-state index contributed by atoms with van der Waals surface area (Å²) in [5, 5.41) is 4.07. The molecule has 0 aliphatic heterocycles. The van der Waals surface area contributed by atoms with Gasteiger partial charge >= 0.3 is 0 Å². The van der Waals surface area contributed by atoms with Gasteiger partial charge in [-0.2, -0.15) is 0 Å². The Labute approximate surface area is 173 Å². The molecule has 152 valence electrons. The Morgan fingerprint density at radius 2 is 1.87 bits per heavy atom. The molecule has 5 rings (SSSR count). The zero-order valence-electron chi connectivity index (χ0n) is 16.4. The summed E-state index contributed by atoms with van der Waals surface area (Å²) in [4.78, 5) is 32.6. The molecule has 7 heteroatoms. The Morgan fingerprint density at radius 1 is 1.07 bits per heavy atom. The van der Waals surface area contributed by atoms with Crippen molar-refractivity contribution in [1.82, 2.24) is 15.3 Å². The maximum Gasteiger partial charge on any atom is 0.254 e. The highest BCUT2D eigenvalue weighted by molar-refractivity contribution is 5.97. The van der Waals surface area contributed by atoms with E-state index in [9.17, 15) is 9.59 Å². The minimum Gasteiger partial charge on any atom is -0.474 e. The highest BCUT2D eigenvalue weighted by Gasteiger charge is 2.54. The monoisotopic (exact) mass is 402 g/mol. The number of nitrogens with two attached hydrogens (primary N) is 1. The van der Waals surface area contributed by atoms with Gasteiger partial charge in [0.15, 0.2) is 0 Å². The van der Waals surface area contributed by atoms with Gasteiger partial charge in [0.05, 0.1) is 11.1 Å². The van der Waals surface area contributed by atoms with Gasteiger partial charge < -0.3 is 15.8 Å². The van der Waals surface area contributed by atoms with Gasteiger partial charge in [-0.05, 0) is 55.4 Å². The fraction of sp³-hybridized carbons (Fsp3) is 0.304. The van der Waals surface area contributed by atoms with Crippen molar-refractivity contribution in [3.05, 3.63) is 66.0 Å². The maximum absolute atomic E-state index is 12.6. The number of primary amides is 1. The largest absolute Gasteiger partial charge is 0.474 e. The fourth-order valence-electron chi connectivity index (χ4n) is 4.70. The predicted molar refractivity (Wildman–Crippen MR) is 111 cm³/mol. The predicted octanol–water partition coefficient (Wildman–Crippen LogP) is 2.85. The van der Waals surface area contributed by atoms with Gasteiger partial charge in [-0.25, -0.2) is 4.98 Å². The van der Waals surface area contributed by atoms with Crippen LogP contribution in [-0.2, 0) is 0 Å². The van der Waals surface area contributed by atoms with Crippen molar-refractivity contribution in [2.45, 2.75) is 37.8 Å². The summed E-state index contributed by atoms with van der Waals surface area (Å²) < 4.78 is 5.89. The lowest BCUT2D eigenvalue weighted by molar-refractivity contribution is -0.0848. The smallest absolute Gasteiger partial charge is 0.254 e. The van der Waals surface area contributed by atoms with Gasteiger partial charge in [0.1, 0.15) is 11.7 Å². The Kier molecular flexibility index (Phi) is 4.38. The first-order chi connectivity index (χ1) is 14.5. The third-order valence-electron chi connectivity index (χ3n) is 6.18. The normalized spacial score (nSPS) is 24.7. The quantitative estimate of drug-likeness (QED) is 0.682. The molecule has 7 nitrogen and oxygen atoms in total. The number of nitrogens with one attached hydrogen (secondary N) is 1. The highest BCUT2D eigenvalue weighted by atomic mass is 16.5. The van der Waals surface area contributed by atoms with Crippen LogP contribution in [0.1, 0.15) is 46.4 Å². The second-order valence-electron chi connectivity index (χ2n) is 8.36. The summed E-state index contributed by atoms with van der Waals surface area (Å²) >= 11 is 0. The lowest BCUT2D eigenvalue weighted by atomic mass is 9.53. The summed E-state index contributed by atoms with van der Waals surface area (Å²) in [7, 11) is 0. The van der Waals surface area contributed by atoms with Gasteiger partial charge in [0, 0.05) is 23.8 Å². The molecule has 0 radical (unpaired) electrons. The summed E-state index contributed by atoms with van der Waals surface area (Å²) in [6.45, 7) is 0. The van der Waals surface area contributed by atoms with Gasteiger partial charge in [-0.1, -0.05) is 18.2 Å². The number of benzene rings is 1. The van der Waals surface area contributed by atoms with E-state index in [2.05, 4.69) is 15.3 Å². The standard InChI is InChI=1S/C23H22N4O3/c24-20(28)18-5-3-7-25-22(18)30-17-11-23(12-17)9-16(10-23)27-21(29)15-8-14-4-1-2-6-19(14)26-13-15/h1-8,13,16-17H,9-12H2,(H2,24,28)(H,27,29). The Hall–Kier alpha value is -3.48. The molecule has 1 spiro atoms. The molecule has 2 aliphatic carbocycles. The zero-order chi connectivity index (χ0) is 20.7. The molecular formula is C23H22N4O3. The molecule has 3 aromatic rings. The third kappa shape index (κ3) is 3.36. The van der Waals surface area contributed by atoms with E-state index in [1.54, 1.807) is 24.5 Å². The van der Waals surface area contributed by atoms with Crippen LogP contribution < -0.4 is 15.8 Å². The van der Waals surface area contributed by atoms with Crippen LogP contribution in [0.3, 0.4) is 0 Å². The summed E-state index contributed by atoms with van der Waals surface area (Å²) in [5.41, 5.74) is 7.36. The van der Waals surface area contributed by atoms with Crippen LogP contribution in [0.5, 0.6) is 5.88 Å². The Morgan fingerprint density at radius 3 is 2.67 bits per heavy atom. The number of para-hydroxylation sites is 1. The fourth-order valence-corrected chi connectivity index (χ4v) is 4.70. The van der Waals surface area contributed by atoms with Crippen molar-refractivity contribution in [2.24, 2.45) is 11.1 Å². The number of amides is 2. The SMILES string of the molecule is NC(=O)c1cccnc1OC1CC2(CC(NC(=O)c3cnc4ccccc4c3)C2)C1. The average molecular weight is 402 g/mol. The molecule has 2 aromatic heterocycles. The highest BCUT2D eigenvalue weighted by Crippen LogP contribution is 2.56. The maximum atomic E-state index is 12.6. The van der Waals surface area contributed by atoms with E-state index in [1.807, 2.05) is 30.3 Å². The van der Waals surface area contributed by atoms with E-state index >= 15 is 0 Å². The summed E-state index contributed by atoms with van der Waals surface area (Å²) in [6.07, 6.45) is 6.90. The number of carbonyl (C=O) groups is 2. The minimum absolute atomic E-state index is 0.0272. The molecule has 0 bridgehead atoms. The van der Waals surface area contributed by atoms with Gasteiger partial charge in [0.25, 0.3) is 11.8 Å². The molecule has 30 heavy (non-hydrogen) atoms. The second kappa shape index (κ2) is 7.09. The molecule has 2 saturated carbocycles. The van der Waals surface area contributed by atoms with E-state index in [0.717, 1.165) is 36.6 Å². The average Bonchev–Trinajstić information content (AvgIpc) is 2.70. The number of fused-ring (bicyclic) bond motifs is 1. The number of nitrogens with zero attached hydrogens (tertiary/aromatic N) is 2. The van der Waals surface area contributed by atoms with Crippen molar-refractivity contribution < 1.29 is 14.3 Å². The number of aromatic nitrogens is 2. The topological polar surface area (TPSA) is 107 Å². The van der Waals surface area contributed by atoms with E-state index < -0.39 is 5.91 Å². The third-order valence-corrected chi connectivity index (χ3v) is 6.18. The van der Waals surface area contributed by atoms with Gasteiger partial charge in [-0.15, -0.1) is 0 Å². The van der Waals surface area contributed by atoms with E-state index in [-0.39, 0.29) is 23.5 Å². The molecule has 3 N–H and O–H groups in total. The molecule has 2 aliphatic rings. The van der Waals surface area contributed by atoms with Crippen LogP contribution >= 0.6 is 0 Å². The molecule has 0 saturated heterocycles. The van der Waals surface area contributed by atoms with Crippen molar-refractivity contribution in [1.29, 1.82) is 0 Å². The van der Waals surface area contributed by atoms with Crippen molar-refractivity contribution >= 4 is 22.7 Å². The van der Waals surface area contributed by atoms with E-state index in [4.69, 9.17) is 10.5 Å². The number of hydrogen-bond donors (Lipinski definition) is 2. The summed E-state index contributed by atoms with van der Waals surface area (Å²) in [5.74, 6) is -0.320. The molecule has 2 fully saturated rings. The number of pyridine rings is 2. The number of hydrogen-bond acceptors (Lipinski definition) is 5. The molecule has 0 atom stereocenters. The zero-order valence-corrected chi connectivity index (χ0v) is 16.4. The molecule has 1 aromatic carbocycles. The first-order valence-corrected chi connectivity index (χ1v) is 10.1. The van der Waals surface area contributed by atoms with Crippen molar-refractivity contribution in [3.63, 3.8) is 0 Å². The lowest BCUT2D eigenvalue weighted by Crippen LogP contribution is -2.58. The second-order valence-corrected chi connectivity index (χ2v) is 8.36. The van der Waals surface area contributed by atoms with E-state index in [1.165, 1.54) is 0 Å². The van der Waals surface area contributed by atoms with Crippen LogP contribution in [-0.4, -0.2) is 33.9 Å². The number of ether oxygens (including phenoxy) is 1. The minimum atomic E-state index is -0.540. The van der Waals surface area contributed by atoms with Crippen LogP contribution in [0, 0.1) is 5.41 Å². The Balaban J connectivity index is 1.14. The van der Waals surface area contributed by atoms with Gasteiger partial charge in [0.2, 0.25) is 5.88 Å².